The van der Waals surface area contributed by atoms with Crippen molar-refractivity contribution in [3.05, 3.63) is 99.5 Å². The second-order valence-electron chi connectivity index (χ2n) is 7.98. The van der Waals surface area contributed by atoms with Gasteiger partial charge in [-0.1, -0.05) is 28.1 Å². The maximum Gasteiger partial charge on any atom is 0.338 e. The summed E-state index contributed by atoms with van der Waals surface area (Å²) in [5.74, 6) is -1.07. The van der Waals surface area contributed by atoms with Crippen LogP contribution in [0.15, 0.2) is 71.2 Å². The smallest absolute Gasteiger partial charge is 0.338 e. The fourth-order valence-electron chi connectivity index (χ4n) is 3.98. The number of ether oxygens (including phenoxy) is 2. The van der Waals surface area contributed by atoms with Gasteiger partial charge in [0.2, 0.25) is 0 Å². The second kappa shape index (κ2) is 10.4. The van der Waals surface area contributed by atoms with Gasteiger partial charge >= 0.3 is 5.97 Å². The summed E-state index contributed by atoms with van der Waals surface area (Å²) in [6.07, 6.45) is 2.92. The normalized spacial score (nSPS) is 15.3. The van der Waals surface area contributed by atoms with Gasteiger partial charge in [0.25, 0.3) is 0 Å². The third kappa shape index (κ3) is 5.14. The van der Waals surface area contributed by atoms with E-state index in [0.29, 0.717) is 17.9 Å². The molecular formula is C27H24BrF2NO3. The van der Waals surface area contributed by atoms with E-state index < -0.39 is 11.6 Å². The summed E-state index contributed by atoms with van der Waals surface area (Å²) < 4.78 is 39.4. The predicted molar refractivity (Wildman–Crippen MR) is 132 cm³/mol. The van der Waals surface area contributed by atoms with Gasteiger partial charge in [0.1, 0.15) is 24.0 Å². The van der Waals surface area contributed by atoms with Crippen molar-refractivity contribution in [3.8, 4) is 5.75 Å². The summed E-state index contributed by atoms with van der Waals surface area (Å²) in [6.45, 7) is 4.15. The van der Waals surface area contributed by atoms with Gasteiger partial charge in [0, 0.05) is 39.1 Å². The molecule has 0 radical (unpaired) electrons. The quantitative estimate of drug-likeness (QED) is 0.306. The molecule has 7 heteroatoms. The Labute approximate surface area is 205 Å². The Kier molecular flexibility index (Phi) is 7.32. The van der Waals surface area contributed by atoms with E-state index in [-0.39, 0.29) is 24.2 Å². The fourth-order valence-corrected chi connectivity index (χ4v) is 4.34. The lowest BCUT2D eigenvalue weighted by molar-refractivity contribution is 0.0526. The third-order valence-electron chi connectivity index (χ3n) is 5.60. The first-order valence-electron chi connectivity index (χ1n) is 11.0. The average Bonchev–Trinajstić information content (AvgIpc) is 3.20. The predicted octanol–water partition coefficient (Wildman–Crippen LogP) is 7.12. The monoisotopic (exact) mass is 527 g/mol. The molecule has 0 saturated heterocycles. The molecule has 176 valence electrons. The summed E-state index contributed by atoms with van der Waals surface area (Å²) in [6, 6.07) is 16.5. The van der Waals surface area contributed by atoms with E-state index in [2.05, 4.69) is 33.8 Å². The number of carbonyl (C=O) groups is 1. The minimum Gasteiger partial charge on any atom is -0.488 e. The Hall–Kier alpha value is -3.19. The Morgan fingerprint density at radius 2 is 1.94 bits per heavy atom. The molecule has 0 spiro atoms. The Morgan fingerprint density at radius 1 is 1.12 bits per heavy atom. The fraction of sp³-hybridized carbons (Fsp3) is 0.222. The molecule has 0 bridgehead atoms. The molecule has 34 heavy (non-hydrogen) atoms. The van der Waals surface area contributed by atoms with Gasteiger partial charge in [-0.05, 0) is 68.8 Å². The lowest BCUT2D eigenvalue weighted by atomic mass is 10.1. The van der Waals surface area contributed by atoms with E-state index in [4.69, 9.17) is 9.47 Å². The van der Waals surface area contributed by atoms with Crippen LogP contribution in [0.2, 0.25) is 0 Å². The molecule has 0 saturated carbocycles. The number of hydrogen-bond acceptors (Lipinski definition) is 4. The van der Waals surface area contributed by atoms with Crippen LogP contribution >= 0.6 is 15.9 Å². The van der Waals surface area contributed by atoms with Gasteiger partial charge in [0.15, 0.2) is 0 Å². The highest BCUT2D eigenvalue weighted by molar-refractivity contribution is 9.10. The molecule has 3 aromatic rings. The first-order chi connectivity index (χ1) is 16.4. The number of halogens is 3. The van der Waals surface area contributed by atoms with Gasteiger partial charge in [0.05, 0.1) is 12.2 Å². The van der Waals surface area contributed by atoms with Crippen molar-refractivity contribution in [3.63, 3.8) is 0 Å². The maximum absolute atomic E-state index is 14.1. The first kappa shape index (κ1) is 24.0. The van der Waals surface area contributed by atoms with E-state index in [1.54, 1.807) is 13.0 Å². The van der Waals surface area contributed by atoms with Crippen LogP contribution in [0.25, 0.3) is 5.70 Å². The van der Waals surface area contributed by atoms with Crippen molar-refractivity contribution in [1.82, 2.24) is 0 Å². The Morgan fingerprint density at radius 3 is 2.71 bits per heavy atom. The van der Waals surface area contributed by atoms with Crippen molar-refractivity contribution in [2.75, 3.05) is 11.5 Å². The molecule has 0 aliphatic carbocycles. The molecule has 0 fully saturated rings. The van der Waals surface area contributed by atoms with Crippen LogP contribution in [0.1, 0.15) is 41.8 Å². The topological polar surface area (TPSA) is 38.8 Å². The van der Waals surface area contributed by atoms with E-state index in [0.717, 1.165) is 33.9 Å². The number of nitrogens with zero attached hydrogens (tertiary/aromatic N) is 1. The molecule has 1 unspecified atom stereocenters. The molecule has 1 heterocycles. The number of esters is 1. The first-order valence-corrected chi connectivity index (χ1v) is 11.8. The Balaban J connectivity index is 1.66. The summed E-state index contributed by atoms with van der Waals surface area (Å²) in [5.41, 5.74) is 3.35. The van der Waals surface area contributed by atoms with Crippen LogP contribution in [-0.2, 0) is 11.3 Å². The van der Waals surface area contributed by atoms with Crippen molar-refractivity contribution in [2.24, 2.45) is 0 Å². The molecule has 4 nitrogen and oxygen atoms in total. The second-order valence-corrected chi connectivity index (χ2v) is 8.90. The molecular weight excluding hydrogens is 504 g/mol. The third-order valence-corrected chi connectivity index (χ3v) is 6.10. The zero-order valence-corrected chi connectivity index (χ0v) is 20.4. The number of benzene rings is 3. The van der Waals surface area contributed by atoms with Crippen LogP contribution in [-0.4, -0.2) is 18.6 Å². The number of hydrogen-bond donors (Lipinski definition) is 0. The number of carbonyl (C=O) groups excluding carboxylic acids is 1. The van der Waals surface area contributed by atoms with Crippen LogP contribution in [0.5, 0.6) is 5.75 Å². The summed E-state index contributed by atoms with van der Waals surface area (Å²) in [5, 5.41) is 0. The van der Waals surface area contributed by atoms with E-state index in [9.17, 15) is 13.6 Å². The van der Waals surface area contributed by atoms with Gasteiger partial charge in [-0.3, -0.25) is 0 Å². The number of rotatable bonds is 7. The molecule has 1 aliphatic rings. The molecule has 3 aromatic carbocycles. The van der Waals surface area contributed by atoms with Crippen molar-refractivity contribution < 1.29 is 23.0 Å². The summed E-state index contributed by atoms with van der Waals surface area (Å²) in [4.78, 5) is 14.4. The van der Waals surface area contributed by atoms with E-state index in [1.807, 2.05) is 36.4 Å². The summed E-state index contributed by atoms with van der Waals surface area (Å²) in [7, 11) is 0. The largest absolute Gasteiger partial charge is 0.488 e. The maximum atomic E-state index is 14.1. The zero-order chi connectivity index (χ0) is 24.2. The Bertz CT molecular complexity index is 1240. The highest BCUT2D eigenvalue weighted by Gasteiger charge is 2.28. The minimum atomic E-state index is -0.648. The lowest BCUT2D eigenvalue weighted by Gasteiger charge is -2.29. The zero-order valence-electron chi connectivity index (χ0n) is 18.9. The standard InChI is InChI=1S/C27H24BrF2NO3/c1-3-33-27(32)18-5-4-6-22(13-18)31-17(2)7-11-25(31)23-14-20(28)9-12-26(23)34-16-19-8-10-21(29)15-24(19)30/h4-6,8-15,17H,3,7,16H2,1-2H3. The molecule has 1 atom stereocenters. The van der Waals surface area contributed by atoms with Crippen LogP contribution < -0.4 is 9.64 Å². The SMILES string of the molecule is CCOC(=O)c1cccc(N2C(c3cc(Br)ccc3OCc3ccc(F)cc3F)=CCC2C)c1. The van der Waals surface area contributed by atoms with Crippen molar-refractivity contribution in [2.45, 2.75) is 32.9 Å². The van der Waals surface area contributed by atoms with Crippen molar-refractivity contribution >= 4 is 33.3 Å². The van der Waals surface area contributed by atoms with Gasteiger partial charge in [-0.15, -0.1) is 0 Å². The average molecular weight is 528 g/mol. The molecule has 1 aliphatic heterocycles. The van der Waals surface area contributed by atoms with Gasteiger partial charge < -0.3 is 14.4 Å². The summed E-state index contributed by atoms with van der Waals surface area (Å²) >= 11 is 3.53. The molecule has 0 aromatic heterocycles. The number of anilines is 1. The van der Waals surface area contributed by atoms with E-state index >= 15 is 0 Å². The molecule has 0 amide bonds. The minimum absolute atomic E-state index is 0.0398. The molecule has 0 N–H and O–H groups in total. The van der Waals surface area contributed by atoms with Gasteiger partial charge in [-0.2, -0.15) is 0 Å². The van der Waals surface area contributed by atoms with Crippen LogP contribution in [0.4, 0.5) is 14.5 Å². The van der Waals surface area contributed by atoms with Crippen LogP contribution in [0.3, 0.4) is 0 Å². The highest BCUT2D eigenvalue weighted by Crippen LogP contribution is 2.40. The van der Waals surface area contributed by atoms with Crippen LogP contribution in [0, 0.1) is 11.6 Å². The van der Waals surface area contributed by atoms with Crippen molar-refractivity contribution in [1.29, 1.82) is 0 Å². The molecule has 4 rings (SSSR count). The van der Waals surface area contributed by atoms with Gasteiger partial charge in [-0.25, -0.2) is 13.6 Å². The lowest BCUT2D eigenvalue weighted by Crippen LogP contribution is -2.27. The highest BCUT2D eigenvalue weighted by atomic mass is 79.9. The van der Waals surface area contributed by atoms with E-state index in [1.165, 1.54) is 12.1 Å².